The maximum absolute atomic E-state index is 13.6. The number of amides is 2. The van der Waals surface area contributed by atoms with Gasteiger partial charge in [0.25, 0.3) is 11.5 Å². The number of nitrogens with zero attached hydrogens (tertiary/aromatic N) is 2. The molecule has 0 unspecified atom stereocenters. The third kappa shape index (κ3) is 4.46. The molecule has 0 saturated heterocycles. The van der Waals surface area contributed by atoms with E-state index in [2.05, 4.69) is 5.32 Å². The van der Waals surface area contributed by atoms with Crippen LogP contribution in [0.3, 0.4) is 0 Å². The monoisotopic (exact) mass is 498 g/mol. The molecule has 0 aliphatic rings. The molecular formula is C23H22N4O3S3. The van der Waals surface area contributed by atoms with Crippen molar-refractivity contribution in [3.8, 4) is 5.69 Å². The SMILES string of the molecule is Cc1ccc(-n2c(SCC(=O)Nc3sccc3C(N)=O)nc3sc(C)c(C)c3c2=O)c(C)c1. The van der Waals surface area contributed by atoms with Crippen LogP contribution in [0.5, 0.6) is 0 Å². The van der Waals surface area contributed by atoms with Crippen LogP contribution in [0.2, 0.25) is 0 Å². The van der Waals surface area contributed by atoms with E-state index in [0.717, 1.165) is 27.3 Å². The second-order valence-electron chi connectivity index (χ2n) is 7.65. The first-order valence-electron chi connectivity index (χ1n) is 10.1. The van der Waals surface area contributed by atoms with Crippen molar-refractivity contribution in [3.05, 3.63) is 67.1 Å². The number of aryl methyl sites for hydroxylation is 4. The molecule has 0 atom stereocenters. The van der Waals surface area contributed by atoms with Crippen LogP contribution in [0, 0.1) is 27.7 Å². The summed E-state index contributed by atoms with van der Waals surface area (Å²) in [4.78, 5) is 44.2. The Morgan fingerprint density at radius 2 is 1.94 bits per heavy atom. The molecule has 0 aliphatic heterocycles. The Bertz CT molecular complexity index is 1470. The zero-order valence-corrected chi connectivity index (χ0v) is 21.0. The van der Waals surface area contributed by atoms with Gasteiger partial charge in [-0.1, -0.05) is 29.5 Å². The van der Waals surface area contributed by atoms with Gasteiger partial charge in [-0.2, -0.15) is 0 Å². The molecule has 0 aliphatic carbocycles. The van der Waals surface area contributed by atoms with Gasteiger partial charge in [0.1, 0.15) is 9.83 Å². The zero-order valence-electron chi connectivity index (χ0n) is 18.5. The number of benzene rings is 1. The molecule has 0 saturated carbocycles. The molecule has 3 heterocycles. The summed E-state index contributed by atoms with van der Waals surface area (Å²) in [5.74, 6) is -0.897. The van der Waals surface area contributed by atoms with Gasteiger partial charge >= 0.3 is 0 Å². The number of thiophene rings is 2. The molecule has 170 valence electrons. The van der Waals surface area contributed by atoms with E-state index in [1.54, 1.807) is 16.0 Å². The first kappa shape index (κ1) is 23.2. The van der Waals surface area contributed by atoms with Gasteiger partial charge in [-0.15, -0.1) is 22.7 Å². The quantitative estimate of drug-likeness (QED) is 0.299. The smallest absolute Gasteiger partial charge is 0.267 e. The van der Waals surface area contributed by atoms with E-state index in [1.807, 2.05) is 45.9 Å². The van der Waals surface area contributed by atoms with Crippen molar-refractivity contribution in [1.29, 1.82) is 0 Å². The second kappa shape index (κ2) is 9.12. The summed E-state index contributed by atoms with van der Waals surface area (Å²) >= 11 is 3.88. The van der Waals surface area contributed by atoms with Gasteiger partial charge in [0, 0.05) is 4.88 Å². The van der Waals surface area contributed by atoms with E-state index in [9.17, 15) is 14.4 Å². The van der Waals surface area contributed by atoms with Crippen molar-refractivity contribution in [2.24, 2.45) is 5.73 Å². The Morgan fingerprint density at radius 3 is 2.64 bits per heavy atom. The lowest BCUT2D eigenvalue weighted by Crippen LogP contribution is -2.23. The topological polar surface area (TPSA) is 107 Å². The van der Waals surface area contributed by atoms with Gasteiger partial charge in [-0.05, 0) is 56.3 Å². The number of carbonyl (C=O) groups is 2. The number of primary amides is 1. The van der Waals surface area contributed by atoms with Gasteiger partial charge in [-0.25, -0.2) is 4.98 Å². The van der Waals surface area contributed by atoms with Crippen molar-refractivity contribution in [2.45, 2.75) is 32.9 Å². The molecule has 0 spiro atoms. The van der Waals surface area contributed by atoms with E-state index in [0.29, 0.717) is 20.4 Å². The number of carbonyl (C=O) groups excluding carboxylic acids is 2. The predicted molar refractivity (Wildman–Crippen MR) is 136 cm³/mol. The second-order valence-corrected chi connectivity index (χ2v) is 10.7. The van der Waals surface area contributed by atoms with Crippen LogP contribution < -0.4 is 16.6 Å². The molecular weight excluding hydrogens is 476 g/mol. The summed E-state index contributed by atoms with van der Waals surface area (Å²) in [6.45, 7) is 7.85. The number of aromatic nitrogens is 2. The van der Waals surface area contributed by atoms with E-state index >= 15 is 0 Å². The van der Waals surface area contributed by atoms with Gasteiger partial charge in [0.05, 0.1) is 22.4 Å². The maximum atomic E-state index is 13.6. The van der Waals surface area contributed by atoms with Crippen molar-refractivity contribution in [1.82, 2.24) is 9.55 Å². The molecule has 0 bridgehead atoms. The van der Waals surface area contributed by atoms with E-state index in [1.165, 1.54) is 34.4 Å². The molecule has 4 aromatic rings. The number of thioether (sulfide) groups is 1. The Hall–Kier alpha value is -2.95. The highest BCUT2D eigenvalue weighted by molar-refractivity contribution is 7.99. The van der Waals surface area contributed by atoms with Gasteiger partial charge in [-0.3, -0.25) is 19.0 Å². The molecule has 33 heavy (non-hydrogen) atoms. The summed E-state index contributed by atoms with van der Waals surface area (Å²) < 4.78 is 1.59. The molecule has 7 nitrogen and oxygen atoms in total. The highest BCUT2D eigenvalue weighted by Gasteiger charge is 2.20. The van der Waals surface area contributed by atoms with Crippen molar-refractivity contribution >= 4 is 61.5 Å². The van der Waals surface area contributed by atoms with Gasteiger partial charge in [0.2, 0.25) is 5.91 Å². The fourth-order valence-corrected chi connectivity index (χ4v) is 6.22. The summed E-state index contributed by atoms with van der Waals surface area (Å²) in [5, 5.41) is 5.88. The molecule has 4 rings (SSSR count). The number of fused-ring (bicyclic) bond motifs is 1. The van der Waals surface area contributed by atoms with Gasteiger partial charge < -0.3 is 11.1 Å². The Labute approximate surface area is 202 Å². The van der Waals surface area contributed by atoms with E-state index in [4.69, 9.17) is 10.7 Å². The average molecular weight is 499 g/mol. The van der Waals surface area contributed by atoms with Crippen LogP contribution >= 0.6 is 34.4 Å². The molecule has 3 N–H and O–H groups in total. The van der Waals surface area contributed by atoms with Crippen molar-refractivity contribution in [3.63, 3.8) is 0 Å². The third-order valence-corrected chi connectivity index (χ3v) is 8.15. The van der Waals surface area contributed by atoms with Crippen LogP contribution in [-0.2, 0) is 4.79 Å². The van der Waals surface area contributed by atoms with E-state index in [-0.39, 0.29) is 22.8 Å². The van der Waals surface area contributed by atoms with Crippen molar-refractivity contribution in [2.75, 3.05) is 11.1 Å². The Kier molecular flexibility index (Phi) is 6.42. The summed E-state index contributed by atoms with van der Waals surface area (Å²) in [7, 11) is 0. The molecule has 10 heteroatoms. The number of nitrogens with one attached hydrogen (secondary N) is 1. The summed E-state index contributed by atoms with van der Waals surface area (Å²) in [5.41, 5.74) is 9.18. The van der Waals surface area contributed by atoms with Crippen LogP contribution in [0.25, 0.3) is 15.9 Å². The van der Waals surface area contributed by atoms with Crippen molar-refractivity contribution < 1.29 is 9.59 Å². The molecule has 3 aromatic heterocycles. The van der Waals surface area contributed by atoms with Crippen LogP contribution in [-0.4, -0.2) is 27.1 Å². The standard InChI is InChI=1S/C23H22N4O3S3/c1-11-5-6-16(12(2)9-11)27-22(30)18-13(3)14(4)33-21(18)26-23(27)32-10-17(28)25-20-15(19(24)29)7-8-31-20/h5-9H,10H2,1-4H3,(H2,24,29)(H,25,28). The fourth-order valence-electron chi connectivity index (χ4n) is 3.53. The number of rotatable bonds is 6. The molecule has 0 radical (unpaired) electrons. The Balaban J connectivity index is 1.73. The normalized spacial score (nSPS) is 11.2. The number of anilines is 1. The lowest BCUT2D eigenvalue weighted by molar-refractivity contribution is -0.113. The lowest BCUT2D eigenvalue weighted by Gasteiger charge is -2.15. The van der Waals surface area contributed by atoms with Gasteiger partial charge in [0.15, 0.2) is 5.16 Å². The maximum Gasteiger partial charge on any atom is 0.267 e. The van der Waals surface area contributed by atoms with Crippen LogP contribution in [0.4, 0.5) is 5.00 Å². The molecule has 0 fully saturated rings. The number of nitrogens with two attached hydrogens (primary N) is 1. The van der Waals surface area contributed by atoms with E-state index < -0.39 is 5.91 Å². The number of hydrogen-bond acceptors (Lipinski definition) is 7. The largest absolute Gasteiger partial charge is 0.366 e. The molecule has 2 amide bonds. The first-order chi connectivity index (χ1) is 15.7. The Morgan fingerprint density at radius 1 is 1.18 bits per heavy atom. The minimum Gasteiger partial charge on any atom is -0.366 e. The predicted octanol–water partition coefficient (Wildman–Crippen LogP) is 4.57. The summed E-state index contributed by atoms with van der Waals surface area (Å²) in [6.07, 6.45) is 0. The van der Waals surface area contributed by atoms with Crippen LogP contribution in [0.1, 0.15) is 31.9 Å². The zero-order chi connectivity index (χ0) is 23.9. The minimum atomic E-state index is -0.599. The lowest BCUT2D eigenvalue weighted by atomic mass is 10.1. The highest BCUT2D eigenvalue weighted by Crippen LogP contribution is 2.30. The fraction of sp³-hybridized carbons (Fsp3) is 0.217. The highest BCUT2D eigenvalue weighted by atomic mass is 32.2. The minimum absolute atomic E-state index is 0.0162. The number of hydrogen-bond donors (Lipinski definition) is 2. The van der Waals surface area contributed by atoms with Crippen LogP contribution in [0.15, 0.2) is 39.6 Å². The first-order valence-corrected chi connectivity index (χ1v) is 12.8. The third-order valence-electron chi connectivity index (χ3n) is 5.28. The average Bonchev–Trinajstić information content (AvgIpc) is 3.32. The summed E-state index contributed by atoms with van der Waals surface area (Å²) in [6, 6.07) is 7.45. The molecule has 1 aromatic carbocycles.